The van der Waals surface area contributed by atoms with E-state index < -0.39 is 35.2 Å². The van der Waals surface area contributed by atoms with Gasteiger partial charge in [0.25, 0.3) is 5.91 Å². The number of carbonyl (C=O) groups excluding carboxylic acids is 2. The summed E-state index contributed by atoms with van der Waals surface area (Å²) in [5.74, 6) is -5.51. The van der Waals surface area contributed by atoms with Gasteiger partial charge in [-0.3, -0.25) is 4.79 Å². The van der Waals surface area contributed by atoms with E-state index in [4.69, 9.17) is 4.74 Å². The van der Waals surface area contributed by atoms with Crippen LogP contribution in [0.5, 0.6) is 5.75 Å². The van der Waals surface area contributed by atoms with Gasteiger partial charge in [-0.05, 0) is 50.6 Å². The molecule has 0 aliphatic carbocycles. The first-order chi connectivity index (χ1) is 17.2. The number of hydrogen-bond acceptors (Lipinski definition) is 3. The van der Waals surface area contributed by atoms with Crippen LogP contribution in [-0.2, 0) is 12.5 Å². The molecule has 3 amide bonds. The fourth-order valence-electron chi connectivity index (χ4n) is 4.43. The van der Waals surface area contributed by atoms with E-state index in [9.17, 15) is 31.5 Å². The number of hydrogen-bond donors (Lipinski definition) is 1. The molecule has 198 valence electrons. The third kappa shape index (κ3) is 4.51. The van der Waals surface area contributed by atoms with Gasteiger partial charge in [0.2, 0.25) is 0 Å². The van der Waals surface area contributed by atoms with Gasteiger partial charge in [0.05, 0.1) is 12.2 Å². The van der Waals surface area contributed by atoms with Crippen molar-refractivity contribution in [3.63, 3.8) is 0 Å². The second-order valence-corrected chi connectivity index (χ2v) is 9.44. The molecule has 2 aliphatic heterocycles. The Bertz CT molecular complexity index is 1290. The summed E-state index contributed by atoms with van der Waals surface area (Å²) in [5, 5.41) is 2.73. The molecule has 0 aromatic heterocycles. The van der Waals surface area contributed by atoms with E-state index in [0.717, 1.165) is 6.07 Å². The summed E-state index contributed by atoms with van der Waals surface area (Å²) in [7, 11) is 1.58. The summed E-state index contributed by atoms with van der Waals surface area (Å²) in [5.41, 5.74) is -0.946. The zero-order chi connectivity index (χ0) is 27.3. The van der Waals surface area contributed by atoms with Crippen molar-refractivity contribution in [2.24, 2.45) is 0 Å². The molecule has 0 bridgehead atoms. The van der Waals surface area contributed by atoms with Crippen molar-refractivity contribution in [3.05, 3.63) is 70.3 Å². The van der Waals surface area contributed by atoms with Crippen molar-refractivity contribution in [3.8, 4) is 5.75 Å². The largest absolute Gasteiger partial charge is 0.483 e. The smallest absolute Gasteiger partial charge is 0.458 e. The number of rotatable bonds is 5. The summed E-state index contributed by atoms with van der Waals surface area (Å²) in [6.45, 7) is 5.48. The Morgan fingerprint density at radius 3 is 2.41 bits per heavy atom. The van der Waals surface area contributed by atoms with Gasteiger partial charge < -0.3 is 19.9 Å². The molecule has 4 rings (SSSR count). The lowest BCUT2D eigenvalue weighted by molar-refractivity contribution is -0.289. The number of carbonyl (C=O) groups is 2. The topological polar surface area (TPSA) is 61.9 Å². The normalized spacial score (nSPS) is 16.8. The minimum Gasteiger partial charge on any atom is -0.483 e. The Balaban J connectivity index is 1.91. The van der Waals surface area contributed by atoms with E-state index in [2.05, 4.69) is 5.32 Å². The molecule has 2 heterocycles. The van der Waals surface area contributed by atoms with E-state index in [1.807, 2.05) is 0 Å². The number of fused-ring (bicyclic) bond motifs is 2. The monoisotopic (exact) mass is 523 g/mol. The third-order valence-electron chi connectivity index (χ3n) is 6.66. The molecule has 2 aromatic rings. The minimum atomic E-state index is -5.82. The first kappa shape index (κ1) is 26.4. The molecule has 2 aromatic carbocycles. The first-order valence-corrected chi connectivity index (χ1v) is 11.6. The van der Waals surface area contributed by atoms with Crippen molar-refractivity contribution in [2.75, 3.05) is 20.1 Å². The van der Waals surface area contributed by atoms with Crippen LogP contribution in [0.25, 0.3) is 5.70 Å². The average Bonchev–Trinajstić information content (AvgIpc) is 3.16. The highest BCUT2D eigenvalue weighted by atomic mass is 19.4. The molecule has 0 fully saturated rings. The quantitative estimate of drug-likeness (QED) is 0.524. The molecule has 11 heteroatoms. The van der Waals surface area contributed by atoms with Crippen molar-refractivity contribution < 1.29 is 36.3 Å². The number of amides is 3. The molecular weight excluding hydrogens is 497 g/mol. The number of nitrogens with zero attached hydrogens (tertiary/aromatic N) is 2. The fourth-order valence-corrected chi connectivity index (χ4v) is 4.43. The Kier molecular flexibility index (Phi) is 6.46. The molecule has 0 unspecified atom stereocenters. The Morgan fingerprint density at radius 1 is 1.11 bits per heavy atom. The number of nitrogens with one attached hydrogen (secondary N) is 1. The van der Waals surface area contributed by atoms with Gasteiger partial charge in [-0.1, -0.05) is 18.2 Å². The van der Waals surface area contributed by atoms with Gasteiger partial charge in [0, 0.05) is 42.4 Å². The maximum Gasteiger partial charge on any atom is 0.458 e. The lowest BCUT2D eigenvalue weighted by atomic mass is 9.87. The van der Waals surface area contributed by atoms with Crippen LogP contribution >= 0.6 is 0 Å². The van der Waals surface area contributed by atoms with Crippen LogP contribution in [0.2, 0.25) is 0 Å². The Hall–Kier alpha value is -3.63. The van der Waals surface area contributed by atoms with Gasteiger partial charge in [-0.2, -0.15) is 22.0 Å². The second kappa shape index (κ2) is 9.04. The molecule has 2 aliphatic rings. The predicted molar refractivity (Wildman–Crippen MR) is 126 cm³/mol. The van der Waals surface area contributed by atoms with E-state index in [-0.39, 0.29) is 30.1 Å². The van der Waals surface area contributed by atoms with E-state index in [0.29, 0.717) is 35.4 Å². The van der Waals surface area contributed by atoms with Crippen molar-refractivity contribution in [2.45, 2.75) is 45.0 Å². The molecule has 0 saturated heterocycles. The molecule has 6 nitrogen and oxygen atoms in total. The summed E-state index contributed by atoms with van der Waals surface area (Å²) in [6, 6.07) is 8.80. The summed E-state index contributed by atoms with van der Waals surface area (Å²) in [6.07, 6.45) is -5.82. The number of ether oxygens (including phenoxy) is 1. The minimum absolute atomic E-state index is 0.0474. The number of urea groups is 1. The summed E-state index contributed by atoms with van der Waals surface area (Å²) in [4.78, 5) is 28.7. The molecule has 0 radical (unpaired) electrons. The van der Waals surface area contributed by atoms with Gasteiger partial charge in [0.1, 0.15) is 11.4 Å². The van der Waals surface area contributed by atoms with Crippen LogP contribution in [0.4, 0.5) is 26.7 Å². The van der Waals surface area contributed by atoms with Crippen LogP contribution < -0.4 is 10.1 Å². The molecule has 0 saturated carbocycles. The standard InChI is InChI=1S/C26H26F5N3O3/c1-5-33(4)23(36)32-13-19-21(34-14-15-8-6-7-9-17(15)22(34)35)18-12-16(25(27,28)26(29,30)31)10-11-20(18)37-24(19,2)3/h6-12H,5,13-14H2,1-4H3,(H,32,36). The van der Waals surface area contributed by atoms with Gasteiger partial charge in [-0.25, -0.2) is 4.79 Å². The fraction of sp³-hybridized carbons (Fsp3) is 0.385. The third-order valence-corrected chi connectivity index (χ3v) is 6.66. The lowest BCUT2D eigenvalue weighted by Gasteiger charge is -2.40. The molecular formula is C26H26F5N3O3. The zero-order valence-electron chi connectivity index (χ0n) is 20.7. The van der Waals surface area contributed by atoms with Gasteiger partial charge in [0.15, 0.2) is 0 Å². The van der Waals surface area contributed by atoms with Crippen LogP contribution in [0.15, 0.2) is 48.0 Å². The van der Waals surface area contributed by atoms with Crippen LogP contribution in [0.3, 0.4) is 0 Å². The second-order valence-electron chi connectivity index (χ2n) is 9.44. The predicted octanol–water partition coefficient (Wildman–Crippen LogP) is 5.54. The molecule has 0 spiro atoms. The SMILES string of the molecule is CCN(C)C(=O)NCC1=C(N2Cc3ccccc3C2=O)c2cc(C(F)(F)C(F)(F)F)ccc2OC1(C)C. The van der Waals surface area contributed by atoms with Crippen molar-refractivity contribution in [1.82, 2.24) is 15.1 Å². The van der Waals surface area contributed by atoms with Crippen LogP contribution in [-0.4, -0.2) is 53.7 Å². The van der Waals surface area contributed by atoms with E-state index in [1.54, 1.807) is 52.1 Å². The molecule has 37 heavy (non-hydrogen) atoms. The van der Waals surface area contributed by atoms with Gasteiger partial charge in [-0.15, -0.1) is 0 Å². The van der Waals surface area contributed by atoms with Crippen LogP contribution in [0.1, 0.15) is 47.8 Å². The highest BCUT2D eigenvalue weighted by Gasteiger charge is 2.59. The number of halogens is 5. The molecule has 0 atom stereocenters. The molecule has 1 N–H and O–H groups in total. The number of alkyl halides is 5. The van der Waals surface area contributed by atoms with E-state index in [1.165, 1.54) is 9.80 Å². The zero-order valence-corrected chi connectivity index (χ0v) is 20.7. The van der Waals surface area contributed by atoms with Gasteiger partial charge >= 0.3 is 18.1 Å². The summed E-state index contributed by atoms with van der Waals surface area (Å²) < 4.78 is 74.3. The maximum atomic E-state index is 14.3. The highest BCUT2D eigenvalue weighted by molar-refractivity contribution is 6.04. The maximum absolute atomic E-state index is 14.3. The average molecular weight is 524 g/mol. The van der Waals surface area contributed by atoms with E-state index >= 15 is 0 Å². The highest BCUT2D eigenvalue weighted by Crippen LogP contribution is 2.49. The Labute approximate surface area is 210 Å². The van der Waals surface area contributed by atoms with Crippen molar-refractivity contribution >= 4 is 17.6 Å². The summed E-state index contributed by atoms with van der Waals surface area (Å²) >= 11 is 0. The first-order valence-electron chi connectivity index (χ1n) is 11.6. The number of benzene rings is 2. The van der Waals surface area contributed by atoms with Crippen molar-refractivity contribution in [1.29, 1.82) is 0 Å². The van der Waals surface area contributed by atoms with Crippen LogP contribution in [0, 0.1) is 0 Å². The lowest BCUT2D eigenvalue weighted by Crippen LogP contribution is -2.45. The Morgan fingerprint density at radius 2 is 1.78 bits per heavy atom.